The van der Waals surface area contributed by atoms with Crippen LogP contribution in [0.25, 0.3) is 11.0 Å². The van der Waals surface area contributed by atoms with E-state index in [9.17, 15) is 12.9 Å². The Morgan fingerprint density at radius 3 is 2.71 bits per heavy atom. The van der Waals surface area contributed by atoms with Gasteiger partial charge in [-0.05, 0) is 17.9 Å². The van der Waals surface area contributed by atoms with Crippen LogP contribution >= 0.6 is 0 Å². The summed E-state index contributed by atoms with van der Waals surface area (Å²) in [7, 11) is 0. The Kier molecular flexibility index (Phi) is 1.80. The van der Waals surface area contributed by atoms with Crippen molar-refractivity contribution in [2.24, 2.45) is 0 Å². The first-order valence-corrected chi connectivity index (χ1v) is 4.12. The molecule has 2 rings (SSSR count). The molecule has 2 nitrogen and oxygen atoms in total. The zero-order chi connectivity index (χ0) is 10.3. The number of rotatable bonds is 1. The van der Waals surface area contributed by atoms with Gasteiger partial charge in [-0.25, -0.2) is 4.98 Å². The van der Waals surface area contributed by atoms with E-state index < -0.39 is 12.4 Å². The molecule has 0 saturated carbocycles. The third kappa shape index (κ3) is 1.27. The predicted molar refractivity (Wildman–Crippen MR) is 49.5 cm³/mol. The molecule has 0 atom stereocenters. The molecule has 6 heteroatoms. The summed E-state index contributed by atoms with van der Waals surface area (Å²) in [5.41, 5.74) is 0.287. The zero-order valence-electron chi connectivity index (χ0n) is 7.39. The first kappa shape index (κ1) is 9.11. The number of fused-ring (bicyclic) bond motifs is 1. The van der Waals surface area contributed by atoms with E-state index in [-0.39, 0.29) is 5.39 Å². The number of halogens is 3. The standard InChI is InChI=1S/C8H7BF3N2/c1-5-4-14-8-7(5)6(2-3-13-8)9(10,11)12/h2-4H,1H3,(H,13,14)/q-1. The highest BCUT2D eigenvalue weighted by Crippen LogP contribution is 2.18. The number of hydrogen-bond acceptors (Lipinski definition) is 1. The minimum atomic E-state index is -4.97. The minimum Gasteiger partial charge on any atom is -0.445 e. The van der Waals surface area contributed by atoms with Gasteiger partial charge in [-0.2, -0.15) is 0 Å². The number of nitrogens with zero attached hydrogens (tertiary/aromatic N) is 1. The van der Waals surface area contributed by atoms with Crippen LogP contribution in [-0.4, -0.2) is 16.9 Å². The van der Waals surface area contributed by atoms with Gasteiger partial charge in [0, 0.05) is 12.4 Å². The van der Waals surface area contributed by atoms with Gasteiger partial charge in [0.1, 0.15) is 5.65 Å². The summed E-state index contributed by atoms with van der Waals surface area (Å²) in [6, 6.07) is 1.02. The van der Waals surface area contributed by atoms with E-state index in [0.717, 1.165) is 6.07 Å². The smallest absolute Gasteiger partial charge is 0.445 e. The molecule has 0 aliphatic carbocycles. The molecule has 0 aliphatic rings. The lowest BCUT2D eigenvalue weighted by molar-refractivity contribution is 0.501. The van der Waals surface area contributed by atoms with Gasteiger partial charge in [0.25, 0.3) is 0 Å². The van der Waals surface area contributed by atoms with Gasteiger partial charge < -0.3 is 17.9 Å². The van der Waals surface area contributed by atoms with Crippen LogP contribution < -0.4 is 5.46 Å². The number of aromatic nitrogens is 2. The Morgan fingerprint density at radius 2 is 2.07 bits per heavy atom. The number of nitrogens with one attached hydrogen (secondary N) is 1. The van der Waals surface area contributed by atoms with E-state index in [1.54, 1.807) is 6.92 Å². The third-order valence-electron chi connectivity index (χ3n) is 2.16. The van der Waals surface area contributed by atoms with Gasteiger partial charge in [-0.1, -0.05) is 11.5 Å². The summed E-state index contributed by atoms with van der Waals surface area (Å²) in [4.78, 5) is 6.53. The van der Waals surface area contributed by atoms with Crippen molar-refractivity contribution in [3.05, 3.63) is 24.0 Å². The molecule has 1 N–H and O–H groups in total. The van der Waals surface area contributed by atoms with Crippen LogP contribution in [0.4, 0.5) is 12.9 Å². The molecule has 0 amide bonds. The Bertz CT molecular complexity index is 475. The van der Waals surface area contributed by atoms with Crippen molar-refractivity contribution in [3.63, 3.8) is 0 Å². The number of pyridine rings is 1. The number of H-pyrrole nitrogens is 1. The molecule has 0 fully saturated rings. The predicted octanol–water partition coefficient (Wildman–Crippen LogP) is 1.93. The Balaban J connectivity index is 2.82. The van der Waals surface area contributed by atoms with E-state index in [1.807, 2.05) is 0 Å². The van der Waals surface area contributed by atoms with Crippen LogP contribution in [0.1, 0.15) is 5.56 Å². The van der Waals surface area contributed by atoms with Crippen LogP contribution in [0.3, 0.4) is 0 Å². The first-order valence-electron chi connectivity index (χ1n) is 4.12. The molecule has 0 aliphatic heterocycles. The van der Waals surface area contributed by atoms with Crippen molar-refractivity contribution in [1.29, 1.82) is 0 Å². The Hall–Kier alpha value is -1.46. The molecule has 74 valence electrons. The van der Waals surface area contributed by atoms with Gasteiger partial charge in [0.15, 0.2) is 0 Å². The Labute approximate surface area is 78.2 Å². The van der Waals surface area contributed by atoms with Crippen LogP contribution in [0.2, 0.25) is 0 Å². The van der Waals surface area contributed by atoms with Gasteiger partial charge in [0.2, 0.25) is 0 Å². The third-order valence-corrected chi connectivity index (χ3v) is 2.16. The number of aryl methyl sites for hydroxylation is 1. The lowest BCUT2D eigenvalue weighted by Gasteiger charge is -2.15. The van der Waals surface area contributed by atoms with Crippen molar-refractivity contribution in [2.45, 2.75) is 6.92 Å². The van der Waals surface area contributed by atoms with E-state index in [2.05, 4.69) is 9.97 Å². The summed E-state index contributed by atoms with van der Waals surface area (Å²) >= 11 is 0. The van der Waals surface area contributed by atoms with Crippen LogP contribution in [-0.2, 0) is 0 Å². The number of aromatic amines is 1. The summed E-state index contributed by atoms with van der Waals surface area (Å²) in [6.07, 6.45) is 2.70. The fraction of sp³-hybridized carbons (Fsp3) is 0.125. The summed E-state index contributed by atoms with van der Waals surface area (Å²) in [5.74, 6) is 0. The maximum absolute atomic E-state index is 12.6. The first-order chi connectivity index (χ1) is 6.50. The summed E-state index contributed by atoms with van der Waals surface area (Å²) in [6.45, 7) is -3.34. The molecule has 2 aromatic rings. The van der Waals surface area contributed by atoms with E-state index in [1.165, 1.54) is 12.4 Å². The highest BCUT2D eigenvalue weighted by atomic mass is 19.4. The summed E-state index contributed by atoms with van der Waals surface area (Å²) in [5, 5.41) is 0.181. The maximum Gasteiger partial charge on any atom is 0.510 e. The highest BCUT2D eigenvalue weighted by Gasteiger charge is 2.28. The monoisotopic (exact) mass is 199 g/mol. The normalized spacial score (nSPS) is 12.3. The number of hydrogen-bond donors (Lipinski definition) is 1. The molecular weight excluding hydrogens is 192 g/mol. The van der Waals surface area contributed by atoms with E-state index >= 15 is 0 Å². The van der Waals surface area contributed by atoms with Gasteiger partial charge in [-0.3, -0.25) is 0 Å². The second-order valence-electron chi connectivity index (χ2n) is 3.17. The van der Waals surface area contributed by atoms with Crippen molar-refractivity contribution in [3.8, 4) is 0 Å². The van der Waals surface area contributed by atoms with Gasteiger partial charge >= 0.3 is 6.98 Å². The lowest BCUT2D eigenvalue weighted by atomic mass is 9.78. The molecular formula is C8H7BF3N2-. The molecule has 0 spiro atoms. The average molecular weight is 199 g/mol. The summed E-state index contributed by atoms with van der Waals surface area (Å²) < 4.78 is 37.8. The second-order valence-corrected chi connectivity index (χ2v) is 3.17. The van der Waals surface area contributed by atoms with Crippen molar-refractivity contribution in [2.75, 3.05) is 0 Å². The zero-order valence-corrected chi connectivity index (χ0v) is 7.39. The average Bonchev–Trinajstić information content (AvgIpc) is 2.46. The van der Waals surface area contributed by atoms with Crippen molar-refractivity contribution >= 4 is 23.5 Å². The molecule has 2 heterocycles. The molecule has 2 aromatic heterocycles. The molecule has 0 radical (unpaired) electrons. The molecule has 0 saturated heterocycles. The van der Waals surface area contributed by atoms with Crippen LogP contribution in [0, 0.1) is 6.92 Å². The molecule has 0 bridgehead atoms. The maximum atomic E-state index is 12.6. The lowest BCUT2D eigenvalue weighted by Crippen LogP contribution is -2.34. The minimum absolute atomic E-state index is 0.181. The van der Waals surface area contributed by atoms with Crippen LogP contribution in [0.5, 0.6) is 0 Å². The molecule has 0 unspecified atom stereocenters. The van der Waals surface area contributed by atoms with Crippen molar-refractivity contribution < 1.29 is 12.9 Å². The largest absolute Gasteiger partial charge is 0.510 e. The topological polar surface area (TPSA) is 28.7 Å². The fourth-order valence-corrected chi connectivity index (χ4v) is 1.52. The van der Waals surface area contributed by atoms with E-state index in [0.29, 0.717) is 11.2 Å². The second kappa shape index (κ2) is 2.77. The van der Waals surface area contributed by atoms with Crippen molar-refractivity contribution in [1.82, 2.24) is 9.97 Å². The quantitative estimate of drug-likeness (QED) is 0.698. The Morgan fingerprint density at radius 1 is 1.36 bits per heavy atom. The van der Waals surface area contributed by atoms with Crippen LogP contribution in [0.15, 0.2) is 18.5 Å². The molecule has 14 heavy (non-hydrogen) atoms. The SMILES string of the molecule is Cc1c[nH]c2nccc([B-](F)(F)F)c12. The van der Waals surface area contributed by atoms with Gasteiger partial charge in [0.05, 0.1) is 0 Å². The van der Waals surface area contributed by atoms with Gasteiger partial charge in [-0.15, -0.1) is 0 Å². The highest BCUT2D eigenvalue weighted by molar-refractivity contribution is 6.76. The fourth-order valence-electron chi connectivity index (χ4n) is 1.52. The van der Waals surface area contributed by atoms with E-state index in [4.69, 9.17) is 0 Å². The molecule has 0 aromatic carbocycles.